The molecule has 1 aromatic rings. The summed E-state index contributed by atoms with van der Waals surface area (Å²) in [6, 6.07) is 5.01. The van der Waals surface area contributed by atoms with Crippen molar-refractivity contribution in [1.82, 2.24) is 0 Å². The van der Waals surface area contributed by atoms with Gasteiger partial charge in [0, 0.05) is 5.69 Å². The van der Waals surface area contributed by atoms with Crippen LogP contribution in [0, 0.1) is 0 Å². The zero-order valence-corrected chi connectivity index (χ0v) is 7.47. The number of hydrogen-bond acceptors (Lipinski definition) is 2. The van der Waals surface area contributed by atoms with Gasteiger partial charge in [0.15, 0.2) is 0 Å². The van der Waals surface area contributed by atoms with Crippen LogP contribution >= 0.6 is 0 Å². The highest BCUT2D eigenvalue weighted by Gasteiger charge is 2.33. The number of para-hydroxylation sites is 1. The van der Waals surface area contributed by atoms with Crippen molar-refractivity contribution >= 4 is 5.69 Å². The van der Waals surface area contributed by atoms with Crippen molar-refractivity contribution in [3.8, 4) is 0 Å². The van der Waals surface area contributed by atoms with Crippen LogP contribution in [0.25, 0.3) is 0 Å². The van der Waals surface area contributed by atoms with E-state index in [4.69, 9.17) is 5.11 Å². The fourth-order valence-electron chi connectivity index (χ4n) is 1.08. The van der Waals surface area contributed by atoms with Gasteiger partial charge in [0.05, 0.1) is 5.56 Å². The summed E-state index contributed by atoms with van der Waals surface area (Å²) in [5, 5.41) is 11.2. The molecular formula is C9H10F3NO. The molecule has 0 amide bonds. The maximum atomic E-state index is 12.4. The molecule has 0 aliphatic carbocycles. The lowest BCUT2D eigenvalue weighted by Gasteiger charge is -2.15. The molecule has 0 aliphatic rings. The predicted octanol–water partition coefficient (Wildman–Crippen LogP) is 2.46. The number of anilines is 1. The first kappa shape index (κ1) is 10.8. The van der Waals surface area contributed by atoms with Crippen LogP contribution in [-0.4, -0.2) is 11.3 Å². The van der Waals surface area contributed by atoms with Crippen LogP contribution in [0.2, 0.25) is 0 Å². The van der Waals surface area contributed by atoms with Crippen molar-refractivity contribution in [2.24, 2.45) is 0 Å². The monoisotopic (exact) mass is 205 g/mol. The van der Waals surface area contributed by atoms with E-state index in [-0.39, 0.29) is 5.69 Å². The summed E-state index contributed by atoms with van der Waals surface area (Å²) in [6.45, 7) is 1.35. The van der Waals surface area contributed by atoms with E-state index in [1.807, 2.05) is 0 Å². The molecule has 1 unspecified atom stereocenters. The van der Waals surface area contributed by atoms with Gasteiger partial charge < -0.3 is 10.4 Å². The highest BCUT2D eigenvalue weighted by atomic mass is 19.4. The number of alkyl halides is 3. The lowest BCUT2D eigenvalue weighted by atomic mass is 10.1. The Bertz CT molecular complexity index is 309. The van der Waals surface area contributed by atoms with Crippen molar-refractivity contribution in [2.45, 2.75) is 19.3 Å². The zero-order valence-electron chi connectivity index (χ0n) is 7.47. The van der Waals surface area contributed by atoms with Crippen molar-refractivity contribution in [1.29, 1.82) is 0 Å². The normalized spacial score (nSPS) is 13.8. The summed E-state index contributed by atoms with van der Waals surface area (Å²) in [5.41, 5.74) is -0.893. The highest BCUT2D eigenvalue weighted by molar-refractivity contribution is 5.52. The fourth-order valence-corrected chi connectivity index (χ4v) is 1.08. The second-order valence-electron chi connectivity index (χ2n) is 2.86. The molecule has 0 aliphatic heterocycles. The van der Waals surface area contributed by atoms with Gasteiger partial charge in [-0.15, -0.1) is 0 Å². The molecule has 0 aromatic heterocycles. The number of aliphatic hydroxyl groups is 1. The van der Waals surface area contributed by atoms with Crippen LogP contribution in [0.1, 0.15) is 12.5 Å². The van der Waals surface area contributed by atoms with Crippen LogP contribution in [0.15, 0.2) is 24.3 Å². The van der Waals surface area contributed by atoms with Crippen LogP contribution < -0.4 is 5.32 Å². The Morgan fingerprint density at radius 1 is 1.29 bits per heavy atom. The van der Waals surface area contributed by atoms with E-state index in [0.29, 0.717) is 0 Å². The van der Waals surface area contributed by atoms with Gasteiger partial charge in [0.2, 0.25) is 0 Å². The Labute approximate surface area is 79.4 Å². The van der Waals surface area contributed by atoms with Gasteiger partial charge in [0.1, 0.15) is 6.23 Å². The second kappa shape index (κ2) is 3.88. The van der Waals surface area contributed by atoms with Crippen molar-refractivity contribution < 1.29 is 18.3 Å². The van der Waals surface area contributed by atoms with Gasteiger partial charge in [-0.1, -0.05) is 12.1 Å². The third-order valence-electron chi connectivity index (χ3n) is 1.60. The van der Waals surface area contributed by atoms with Gasteiger partial charge in [-0.25, -0.2) is 0 Å². The molecular weight excluding hydrogens is 195 g/mol. The molecule has 0 fully saturated rings. The molecule has 0 radical (unpaired) electrons. The van der Waals surface area contributed by atoms with Crippen molar-refractivity contribution in [3.05, 3.63) is 29.8 Å². The fraction of sp³-hybridized carbons (Fsp3) is 0.333. The third-order valence-corrected chi connectivity index (χ3v) is 1.60. The summed E-state index contributed by atoms with van der Waals surface area (Å²) < 4.78 is 37.1. The molecule has 0 bridgehead atoms. The summed E-state index contributed by atoms with van der Waals surface area (Å²) in [4.78, 5) is 0. The minimum Gasteiger partial charge on any atom is -0.374 e. The predicted molar refractivity (Wildman–Crippen MR) is 46.7 cm³/mol. The van der Waals surface area contributed by atoms with Gasteiger partial charge in [0.25, 0.3) is 0 Å². The van der Waals surface area contributed by atoms with E-state index in [1.54, 1.807) is 0 Å². The summed E-state index contributed by atoms with van der Waals surface area (Å²) in [5.74, 6) is 0. The standard InChI is InChI=1S/C9H10F3NO/c1-6(14)13-8-5-3-2-4-7(8)9(10,11)12/h2-6,13-14H,1H3. The topological polar surface area (TPSA) is 32.3 Å². The Morgan fingerprint density at radius 3 is 2.36 bits per heavy atom. The molecule has 5 heteroatoms. The molecule has 0 saturated heterocycles. The lowest BCUT2D eigenvalue weighted by Crippen LogP contribution is -2.17. The van der Waals surface area contributed by atoms with E-state index < -0.39 is 18.0 Å². The minimum atomic E-state index is -4.40. The van der Waals surface area contributed by atoms with Crippen LogP contribution in [0.5, 0.6) is 0 Å². The number of nitrogens with one attached hydrogen (secondary N) is 1. The van der Waals surface area contributed by atoms with E-state index in [2.05, 4.69) is 5.32 Å². The molecule has 1 aromatic carbocycles. The second-order valence-corrected chi connectivity index (χ2v) is 2.86. The van der Waals surface area contributed by atoms with E-state index in [1.165, 1.54) is 25.1 Å². The zero-order chi connectivity index (χ0) is 10.8. The van der Waals surface area contributed by atoms with E-state index in [0.717, 1.165) is 6.07 Å². The van der Waals surface area contributed by atoms with Gasteiger partial charge in [-0.05, 0) is 19.1 Å². The molecule has 2 nitrogen and oxygen atoms in total. The third kappa shape index (κ3) is 2.63. The first-order valence-electron chi connectivity index (χ1n) is 4.02. The number of halogens is 3. The summed E-state index contributed by atoms with van der Waals surface area (Å²) in [6.07, 6.45) is -5.42. The molecule has 78 valence electrons. The maximum absolute atomic E-state index is 12.4. The largest absolute Gasteiger partial charge is 0.418 e. The Kier molecular flexibility index (Phi) is 3.00. The molecule has 14 heavy (non-hydrogen) atoms. The molecule has 0 spiro atoms. The SMILES string of the molecule is CC(O)Nc1ccccc1C(F)(F)F. The molecule has 2 N–H and O–H groups in total. The summed E-state index contributed by atoms with van der Waals surface area (Å²) >= 11 is 0. The lowest BCUT2D eigenvalue weighted by molar-refractivity contribution is -0.137. The summed E-state index contributed by atoms with van der Waals surface area (Å²) in [7, 11) is 0. The van der Waals surface area contributed by atoms with Gasteiger partial charge in [-0.3, -0.25) is 0 Å². The smallest absolute Gasteiger partial charge is 0.374 e. The number of hydrogen-bond donors (Lipinski definition) is 2. The molecule has 1 rings (SSSR count). The minimum absolute atomic E-state index is 0.116. The maximum Gasteiger partial charge on any atom is 0.418 e. The number of rotatable bonds is 2. The Morgan fingerprint density at radius 2 is 1.86 bits per heavy atom. The number of aliphatic hydroxyl groups excluding tert-OH is 1. The molecule has 1 atom stereocenters. The van der Waals surface area contributed by atoms with Crippen LogP contribution in [-0.2, 0) is 6.18 Å². The van der Waals surface area contributed by atoms with E-state index in [9.17, 15) is 13.2 Å². The first-order chi connectivity index (χ1) is 6.41. The van der Waals surface area contributed by atoms with E-state index >= 15 is 0 Å². The average Bonchev–Trinajstić information content (AvgIpc) is 2.01. The molecule has 0 heterocycles. The quantitative estimate of drug-likeness (QED) is 0.727. The Hall–Kier alpha value is -1.23. The van der Waals surface area contributed by atoms with Crippen molar-refractivity contribution in [3.63, 3.8) is 0 Å². The van der Waals surface area contributed by atoms with Crippen LogP contribution in [0.3, 0.4) is 0 Å². The molecule has 0 saturated carbocycles. The highest BCUT2D eigenvalue weighted by Crippen LogP contribution is 2.34. The number of benzene rings is 1. The van der Waals surface area contributed by atoms with Gasteiger partial charge >= 0.3 is 6.18 Å². The average molecular weight is 205 g/mol. The first-order valence-corrected chi connectivity index (χ1v) is 4.02. The van der Waals surface area contributed by atoms with Gasteiger partial charge in [-0.2, -0.15) is 13.2 Å². The van der Waals surface area contributed by atoms with Crippen molar-refractivity contribution in [2.75, 3.05) is 5.32 Å². The van der Waals surface area contributed by atoms with Crippen LogP contribution in [0.4, 0.5) is 18.9 Å². The Balaban J connectivity index is 3.04.